The standard InChI is InChI=1S/C17H18O4P/c1-20-14-9-6-10-15(21-2)16(14)17(18)22(19)12-11-13-7-4-3-5-8-13/h3-10H,11-12H2,1-2H3/q+1. The Morgan fingerprint density at radius 2 is 1.55 bits per heavy atom. The lowest BCUT2D eigenvalue weighted by Gasteiger charge is -2.07. The number of methoxy groups -OCH3 is 2. The van der Waals surface area contributed by atoms with E-state index >= 15 is 0 Å². The first-order valence-corrected chi connectivity index (χ1v) is 8.35. The summed E-state index contributed by atoms with van der Waals surface area (Å²) in [6, 6.07) is 14.7. The lowest BCUT2D eigenvalue weighted by Crippen LogP contribution is -2.03. The second kappa shape index (κ2) is 7.71. The number of hydrogen-bond donors (Lipinski definition) is 0. The van der Waals surface area contributed by atoms with Crippen LogP contribution in [0.25, 0.3) is 0 Å². The van der Waals surface area contributed by atoms with Crippen LogP contribution in [0.3, 0.4) is 0 Å². The van der Waals surface area contributed by atoms with E-state index in [0.29, 0.717) is 24.1 Å². The summed E-state index contributed by atoms with van der Waals surface area (Å²) >= 11 is 0. The Labute approximate surface area is 130 Å². The quantitative estimate of drug-likeness (QED) is 0.726. The molecule has 2 rings (SSSR count). The smallest absolute Gasteiger partial charge is 0.420 e. The molecule has 2 aromatic rings. The minimum absolute atomic E-state index is 0.252. The van der Waals surface area contributed by atoms with Crippen LogP contribution in [0, 0.1) is 0 Å². The molecule has 0 aliphatic rings. The van der Waals surface area contributed by atoms with Crippen LogP contribution in [0.5, 0.6) is 11.5 Å². The Morgan fingerprint density at radius 1 is 0.955 bits per heavy atom. The van der Waals surface area contributed by atoms with Gasteiger partial charge >= 0.3 is 13.3 Å². The number of aryl methyl sites for hydroxylation is 1. The van der Waals surface area contributed by atoms with Crippen molar-refractivity contribution in [1.82, 2.24) is 0 Å². The van der Waals surface area contributed by atoms with Gasteiger partial charge in [0.15, 0.2) is 11.7 Å². The van der Waals surface area contributed by atoms with E-state index in [1.807, 2.05) is 30.3 Å². The van der Waals surface area contributed by atoms with Crippen molar-refractivity contribution in [2.75, 3.05) is 20.4 Å². The lowest BCUT2D eigenvalue weighted by atomic mass is 10.2. The Hall–Kier alpha value is -2.19. The summed E-state index contributed by atoms with van der Waals surface area (Å²) in [6.45, 7) is 0. The molecule has 114 valence electrons. The first-order chi connectivity index (χ1) is 10.7. The first-order valence-electron chi connectivity index (χ1n) is 6.91. The SMILES string of the molecule is COc1cccc(OC)c1C(=O)[P+](=O)CCc1ccccc1. The second-order valence-electron chi connectivity index (χ2n) is 4.68. The van der Waals surface area contributed by atoms with Gasteiger partial charge in [-0.15, -0.1) is 0 Å². The molecule has 0 amide bonds. The average molecular weight is 317 g/mol. The molecular weight excluding hydrogens is 299 g/mol. The molecule has 2 aromatic carbocycles. The Bertz CT molecular complexity index is 645. The maximum absolute atomic E-state index is 12.5. The normalized spacial score (nSPS) is 10.9. The third kappa shape index (κ3) is 3.71. The van der Waals surface area contributed by atoms with Gasteiger partial charge < -0.3 is 9.47 Å². The topological polar surface area (TPSA) is 52.6 Å². The van der Waals surface area contributed by atoms with Crippen LogP contribution in [0.15, 0.2) is 48.5 Å². The van der Waals surface area contributed by atoms with E-state index in [-0.39, 0.29) is 5.56 Å². The molecule has 1 atom stereocenters. The highest BCUT2D eigenvalue weighted by atomic mass is 31.1. The maximum Gasteiger partial charge on any atom is 0.420 e. The third-order valence-corrected chi connectivity index (χ3v) is 4.62. The van der Waals surface area contributed by atoms with Crippen LogP contribution in [-0.4, -0.2) is 25.9 Å². The predicted octanol–water partition coefficient (Wildman–Crippen LogP) is 3.91. The van der Waals surface area contributed by atoms with E-state index in [2.05, 4.69) is 0 Å². The molecule has 0 aromatic heterocycles. The van der Waals surface area contributed by atoms with Crippen LogP contribution in [-0.2, 0) is 11.0 Å². The van der Waals surface area contributed by atoms with Crippen LogP contribution in [0.1, 0.15) is 15.9 Å². The van der Waals surface area contributed by atoms with Gasteiger partial charge in [-0.2, -0.15) is 0 Å². The van der Waals surface area contributed by atoms with Gasteiger partial charge in [0.2, 0.25) is 0 Å². The molecule has 0 saturated carbocycles. The fourth-order valence-corrected chi connectivity index (χ4v) is 3.30. The van der Waals surface area contributed by atoms with Crippen molar-refractivity contribution in [3.63, 3.8) is 0 Å². The molecular formula is C17H18O4P+. The molecule has 0 fully saturated rings. The highest BCUT2D eigenvalue weighted by molar-refractivity contribution is 7.64. The average Bonchev–Trinajstić information content (AvgIpc) is 2.59. The van der Waals surface area contributed by atoms with Crippen molar-refractivity contribution in [3.05, 3.63) is 59.7 Å². The summed E-state index contributed by atoms with van der Waals surface area (Å²) in [5.41, 5.74) is 0.882. The number of rotatable bonds is 7. The van der Waals surface area contributed by atoms with Gasteiger partial charge in [0, 0.05) is 6.42 Å². The predicted molar refractivity (Wildman–Crippen MR) is 86.5 cm³/mol. The molecule has 0 aliphatic heterocycles. The monoisotopic (exact) mass is 317 g/mol. The number of hydrogen-bond acceptors (Lipinski definition) is 4. The van der Waals surface area contributed by atoms with E-state index < -0.39 is 13.3 Å². The fraction of sp³-hybridized carbons (Fsp3) is 0.235. The minimum Gasteiger partial charge on any atom is -0.496 e. The van der Waals surface area contributed by atoms with Crippen LogP contribution >= 0.6 is 7.80 Å². The van der Waals surface area contributed by atoms with Gasteiger partial charge in [-0.3, -0.25) is 0 Å². The maximum atomic E-state index is 12.5. The molecule has 0 saturated heterocycles. The van der Waals surface area contributed by atoms with Crippen molar-refractivity contribution < 1.29 is 18.8 Å². The fourth-order valence-electron chi connectivity index (χ4n) is 2.16. The van der Waals surface area contributed by atoms with Crippen molar-refractivity contribution in [1.29, 1.82) is 0 Å². The van der Waals surface area contributed by atoms with Crippen molar-refractivity contribution in [2.24, 2.45) is 0 Å². The first kappa shape index (κ1) is 16.2. The van der Waals surface area contributed by atoms with Gasteiger partial charge in [0.25, 0.3) is 0 Å². The summed E-state index contributed by atoms with van der Waals surface area (Å²) < 4.78 is 22.7. The van der Waals surface area contributed by atoms with Gasteiger partial charge in [-0.05, 0) is 17.7 Å². The summed E-state index contributed by atoms with van der Waals surface area (Å²) in [5, 5.41) is 0. The Morgan fingerprint density at radius 3 is 2.09 bits per heavy atom. The number of carbonyl (C=O) groups excluding carboxylic acids is 1. The Kier molecular flexibility index (Phi) is 5.68. The van der Waals surface area contributed by atoms with E-state index in [1.54, 1.807) is 18.2 Å². The summed E-state index contributed by atoms with van der Waals surface area (Å²) in [4.78, 5) is 12.5. The zero-order chi connectivity index (χ0) is 15.9. The summed E-state index contributed by atoms with van der Waals surface area (Å²) in [6.07, 6.45) is 0.901. The number of benzene rings is 2. The molecule has 0 spiro atoms. The minimum atomic E-state index is -2.03. The molecule has 1 unspecified atom stereocenters. The highest BCUT2D eigenvalue weighted by Gasteiger charge is 2.34. The van der Waals surface area contributed by atoms with Crippen molar-refractivity contribution >= 4 is 13.3 Å². The van der Waals surface area contributed by atoms with Crippen molar-refractivity contribution in [3.8, 4) is 11.5 Å². The zero-order valence-electron chi connectivity index (χ0n) is 12.6. The number of carbonyl (C=O) groups is 1. The molecule has 0 aliphatic carbocycles. The summed E-state index contributed by atoms with van der Waals surface area (Å²) in [7, 11) is 0.915. The molecule has 0 heterocycles. The molecule has 0 radical (unpaired) electrons. The Balaban J connectivity index is 2.15. The van der Waals surface area contributed by atoms with E-state index in [9.17, 15) is 9.36 Å². The van der Waals surface area contributed by atoms with Gasteiger partial charge in [-0.1, -0.05) is 41.0 Å². The summed E-state index contributed by atoms with van der Waals surface area (Å²) in [5.74, 6) is 0.764. The van der Waals surface area contributed by atoms with Crippen LogP contribution in [0.2, 0.25) is 0 Å². The van der Waals surface area contributed by atoms with Crippen LogP contribution < -0.4 is 9.47 Å². The van der Waals surface area contributed by atoms with Crippen molar-refractivity contribution in [2.45, 2.75) is 6.42 Å². The zero-order valence-corrected chi connectivity index (χ0v) is 13.5. The largest absolute Gasteiger partial charge is 0.496 e. The second-order valence-corrected chi connectivity index (χ2v) is 6.29. The van der Waals surface area contributed by atoms with E-state index in [4.69, 9.17) is 9.47 Å². The molecule has 22 heavy (non-hydrogen) atoms. The molecule has 5 heteroatoms. The van der Waals surface area contributed by atoms with Gasteiger partial charge in [0.05, 0.1) is 14.2 Å². The van der Waals surface area contributed by atoms with Gasteiger partial charge in [0.1, 0.15) is 11.5 Å². The highest BCUT2D eigenvalue weighted by Crippen LogP contribution is 2.37. The van der Waals surface area contributed by atoms with Gasteiger partial charge in [-0.25, -0.2) is 4.79 Å². The van der Waals surface area contributed by atoms with E-state index in [1.165, 1.54) is 14.2 Å². The third-order valence-electron chi connectivity index (χ3n) is 3.31. The molecule has 4 nitrogen and oxygen atoms in total. The molecule has 0 bridgehead atoms. The lowest BCUT2D eigenvalue weighted by molar-refractivity contribution is 0.107. The van der Waals surface area contributed by atoms with Crippen LogP contribution in [0.4, 0.5) is 0 Å². The van der Waals surface area contributed by atoms with E-state index in [0.717, 1.165) is 5.56 Å². The molecule has 0 N–H and O–H groups in total. The number of ether oxygens (including phenoxy) is 2.